The van der Waals surface area contributed by atoms with Crippen LogP contribution in [-0.4, -0.2) is 35.4 Å². The lowest BCUT2D eigenvalue weighted by Crippen LogP contribution is -2.25. The summed E-state index contributed by atoms with van der Waals surface area (Å²) in [6.45, 7) is 6.23. The molecule has 5 nitrogen and oxygen atoms in total. The molecular weight excluding hydrogens is 302 g/mol. The predicted octanol–water partition coefficient (Wildman–Crippen LogP) is 3.04. The largest absolute Gasteiger partial charge is 0.381 e. The van der Waals surface area contributed by atoms with Crippen LogP contribution in [0.2, 0.25) is 0 Å². The van der Waals surface area contributed by atoms with Gasteiger partial charge in [-0.25, -0.2) is 4.68 Å². The first-order chi connectivity index (χ1) is 11.6. The molecule has 0 radical (unpaired) electrons. The van der Waals surface area contributed by atoms with Gasteiger partial charge in [-0.05, 0) is 69.4 Å². The molecule has 1 amide bonds. The second kappa shape index (κ2) is 7.62. The van der Waals surface area contributed by atoms with E-state index in [9.17, 15) is 4.79 Å². The monoisotopic (exact) mass is 327 g/mol. The maximum absolute atomic E-state index is 12.1. The summed E-state index contributed by atoms with van der Waals surface area (Å²) in [7, 11) is 0. The highest BCUT2D eigenvalue weighted by Crippen LogP contribution is 2.28. The van der Waals surface area contributed by atoms with Gasteiger partial charge in [0.15, 0.2) is 0 Å². The number of aromatic nitrogens is 2. The third-order valence-corrected chi connectivity index (χ3v) is 4.19. The standard InChI is InChI=1S/C19H25N3O2/c1-14-12-15(2)22(21-14)18-8-6-17(7-9-18)19(23)20-10-3-11-24-13-16-4-5-16/h6-9,12,16H,3-5,10-11,13H2,1-2H3,(H,20,23). The molecule has 1 N–H and O–H groups in total. The van der Waals surface area contributed by atoms with E-state index in [1.54, 1.807) is 0 Å². The van der Waals surface area contributed by atoms with Gasteiger partial charge in [0.2, 0.25) is 0 Å². The second-order valence-electron chi connectivity index (χ2n) is 6.51. The first kappa shape index (κ1) is 16.7. The number of carbonyl (C=O) groups excluding carboxylic acids is 1. The molecule has 3 rings (SSSR count). The number of hydrogen-bond acceptors (Lipinski definition) is 3. The molecule has 0 aliphatic heterocycles. The van der Waals surface area contributed by atoms with Crippen LogP contribution >= 0.6 is 0 Å². The van der Waals surface area contributed by atoms with Crippen LogP contribution in [0.15, 0.2) is 30.3 Å². The van der Waals surface area contributed by atoms with Gasteiger partial charge in [-0.3, -0.25) is 4.79 Å². The summed E-state index contributed by atoms with van der Waals surface area (Å²) in [5.41, 5.74) is 3.69. The van der Waals surface area contributed by atoms with E-state index in [4.69, 9.17) is 4.74 Å². The molecule has 1 aromatic heterocycles. The molecule has 0 spiro atoms. The summed E-state index contributed by atoms with van der Waals surface area (Å²) < 4.78 is 7.45. The van der Waals surface area contributed by atoms with Crippen LogP contribution in [0.3, 0.4) is 0 Å². The van der Waals surface area contributed by atoms with Gasteiger partial charge >= 0.3 is 0 Å². The Morgan fingerprint density at radius 1 is 1.29 bits per heavy atom. The Kier molecular flexibility index (Phi) is 5.30. The minimum atomic E-state index is -0.0443. The minimum Gasteiger partial charge on any atom is -0.381 e. The number of hydrogen-bond donors (Lipinski definition) is 1. The van der Waals surface area contributed by atoms with Crippen molar-refractivity contribution < 1.29 is 9.53 Å². The molecule has 1 fully saturated rings. The van der Waals surface area contributed by atoms with E-state index in [2.05, 4.69) is 10.4 Å². The number of nitrogens with zero attached hydrogens (tertiary/aromatic N) is 2. The zero-order valence-corrected chi connectivity index (χ0v) is 14.4. The van der Waals surface area contributed by atoms with Gasteiger partial charge in [0.25, 0.3) is 5.91 Å². The van der Waals surface area contributed by atoms with Crippen molar-refractivity contribution in [2.45, 2.75) is 33.1 Å². The van der Waals surface area contributed by atoms with E-state index >= 15 is 0 Å². The lowest BCUT2D eigenvalue weighted by molar-refractivity contribution is 0.0937. The lowest BCUT2D eigenvalue weighted by Gasteiger charge is -2.08. The highest BCUT2D eigenvalue weighted by atomic mass is 16.5. The molecule has 2 aromatic rings. The summed E-state index contributed by atoms with van der Waals surface area (Å²) in [6, 6.07) is 9.56. The van der Waals surface area contributed by atoms with Crippen LogP contribution in [-0.2, 0) is 4.74 Å². The van der Waals surface area contributed by atoms with Crippen molar-refractivity contribution in [1.29, 1.82) is 0 Å². The maximum atomic E-state index is 12.1. The third-order valence-electron chi connectivity index (χ3n) is 4.19. The van der Waals surface area contributed by atoms with Gasteiger partial charge in [-0.15, -0.1) is 0 Å². The van der Waals surface area contributed by atoms with Gasteiger partial charge < -0.3 is 10.1 Å². The average Bonchev–Trinajstić information content (AvgIpc) is 3.34. The van der Waals surface area contributed by atoms with Crippen molar-refractivity contribution >= 4 is 5.91 Å². The molecule has 5 heteroatoms. The van der Waals surface area contributed by atoms with Crippen LogP contribution in [0.1, 0.15) is 41.0 Å². The summed E-state index contributed by atoms with van der Waals surface area (Å²) in [5, 5.41) is 7.39. The molecule has 1 aliphatic rings. The van der Waals surface area contributed by atoms with E-state index < -0.39 is 0 Å². The molecule has 1 aliphatic carbocycles. The molecular formula is C19H25N3O2. The molecule has 24 heavy (non-hydrogen) atoms. The van der Waals surface area contributed by atoms with E-state index in [0.29, 0.717) is 18.7 Å². The van der Waals surface area contributed by atoms with Gasteiger partial charge in [0.1, 0.15) is 0 Å². The Labute approximate surface area is 143 Å². The Hall–Kier alpha value is -2.14. The number of benzene rings is 1. The van der Waals surface area contributed by atoms with Crippen LogP contribution < -0.4 is 5.32 Å². The van der Waals surface area contributed by atoms with Crippen LogP contribution in [0, 0.1) is 19.8 Å². The molecule has 0 atom stereocenters. The summed E-state index contributed by atoms with van der Waals surface area (Å²) in [4.78, 5) is 12.1. The first-order valence-corrected chi connectivity index (χ1v) is 8.63. The molecule has 128 valence electrons. The smallest absolute Gasteiger partial charge is 0.251 e. The average molecular weight is 327 g/mol. The highest BCUT2D eigenvalue weighted by molar-refractivity contribution is 5.94. The fourth-order valence-corrected chi connectivity index (χ4v) is 2.66. The number of rotatable bonds is 8. The molecule has 1 heterocycles. The Morgan fingerprint density at radius 2 is 2.04 bits per heavy atom. The molecule has 0 bridgehead atoms. The summed E-state index contributed by atoms with van der Waals surface area (Å²) >= 11 is 0. The second-order valence-corrected chi connectivity index (χ2v) is 6.51. The van der Waals surface area contributed by atoms with Crippen LogP contribution in [0.5, 0.6) is 0 Å². The van der Waals surface area contributed by atoms with E-state index in [1.165, 1.54) is 12.8 Å². The molecule has 1 saturated carbocycles. The number of carbonyl (C=O) groups is 1. The SMILES string of the molecule is Cc1cc(C)n(-c2ccc(C(=O)NCCCOCC3CC3)cc2)n1. The van der Waals surface area contributed by atoms with Crippen molar-refractivity contribution in [1.82, 2.24) is 15.1 Å². The van der Waals surface area contributed by atoms with Gasteiger partial charge in [-0.2, -0.15) is 5.10 Å². The molecule has 0 saturated heterocycles. The maximum Gasteiger partial charge on any atom is 0.251 e. The zero-order chi connectivity index (χ0) is 16.9. The fourth-order valence-electron chi connectivity index (χ4n) is 2.66. The van der Waals surface area contributed by atoms with E-state index in [0.717, 1.165) is 36.0 Å². The minimum absolute atomic E-state index is 0.0443. The Morgan fingerprint density at radius 3 is 2.67 bits per heavy atom. The number of amides is 1. The fraction of sp³-hybridized carbons (Fsp3) is 0.474. The topological polar surface area (TPSA) is 56.2 Å². The number of ether oxygens (including phenoxy) is 1. The molecule has 0 unspecified atom stereocenters. The van der Waals surface area contributed by atoms with Crippen molar-refractivity contribution in [3.05, 3.63) is 47.3 Å². The number of nitrogens with one attached hydrogen (secondary N) is 1. The van der Waals surface area contributed by atoms with Gasteiger partial charge in [0.05, 0.1) is 11.4 Å². The molecule has 1 aromatic carbocycles. The summed E-state index contributed by atoms with van der Waals surface area (Å²) in [5.74, 6) is 0.748. The van der Waals surface area contributed by atoms with Gasteiger partial charge in [-0.1, -0.05) is 0 Å². The van der Waals surface area contributed by atoms with Crippen molar-refractivity contribution in [3.63, 3.8) is 0 Å². The summed E-state index contributed by atoms with van der Waals surface area (Å²) in [6.07, 6.45) is 3.47. The number of aryl methyl sites for hydroxylation is 2. The first-order valence-electron chi connectivity index (χ1n) is 8.63. The highest BCUT2D eigenvalue weighted by Gasteiger charge is 2.20. The lowest BCUT2D eigenvalue weighted by atomic mass is 10.2. The third kappa shape index (κ3) is 4.45. The Balaban J connectivity index is 1.45. The van der Waals surface area contributed by atoms with E-state index in [-0.39, 0.29) is 5.91 Å². The van der Waals surface area contributed by atoms with Gasteiger partial charge in [0, 0.05) is 31.0 Å². The van der Waals surface area contributed by atoms with Crippen molar-refractivity contribution in [3.8, 4) is 5.69 Å². The normalized spacial score (nSPS) is 13.9. The van der Waals surface area contributed by atoms with Crippen molar-refractivity contribution in [2.24, 2.45) is 5.92 Å². The van der Waals surface area contributed by atoms with Crippen molar-refractivity contribution in [2.75, 3.05) is 19.8 Å². The van der Waals surface area contributed by atoms with E-state index in [1.807, 2.05) is 48.9 Å². The predicted molar refractivity (Wildman–Crippen MR) is 93.5 cm³/mol. The Bertz CT molecular complexity index is 687. The quantitative estimate of drug-likeness (QED) is 0.758. The van der Waals surface area contributed by atoms with Crippen LogP contribution in [0.4, 0.5) is 0 Å². The zero-order valence-electron chi connectivity index (χ0n) is 14.4. The van der Waals surface area contributed by atoms with Crippen LogP contribution in [0.25, 0.3) is 5.69 Å².